The Bertz CT molecular complexity index is 667. The first-order valence-corrected chi connectivity index (χ1v) is 8.71. The van der Waals surface area contributed by atoms with Crippen LogP contribution in [0.2, 0.25) is 0 Å². The van der Waals surface area contributed by atoms with Crippen molar-refractivity contribution in [3.8, 4) is 5.75 Å². The van der Waals surface area contributed by atoms with E-state index in [1.54, 1.807) is 4.90 Å². The Morgan fingerprint density at radius 3 is 2.23 bits per heavy atom. The lowest BCUT2D eigenvalue weighted by Crippen LogP contribution is -2.34. The molecule has 1 aromatic carbocycles. The van der Waals surface area contributed by atoms with Crippen molar-refractivity contribution in [2.75, 3.05) is 31.2 Å². The lowest BCUT2D eigenvalue weighted by Gasteiger charge is -2.17. The van der Waals surface area contributed by atoms with Crippen molar-refractivity contribution in [3.05, 3.63) is 29.8 Å². The summed E-state index contributed by atoms with van der Waals surface area (Å²) < 4.78 is 54.1. The summed E-state index contributed by atoms with van der Waals surface area (Å²) in [5, 5.41) is 0. The Kier molecular flexibility index (Phi) is 3.80. The minimum absolute atomic E-state index is 0.0134. The zero-order chi connectivity index (χ0) is 15.9. The number of likely N-dealkylation sites (tertiary alicyclic amines) is 1. The molecule has 0 radical (unpaired) electrons. The maximum Gasteiger partial charge on any atom is 0.260 e. The van der Waals surface area contributed by atoms with Gasteiger partial charge in [-0.15, -0.1) is 0 Å². The van der Waals surface area contributed by atoms with E-state index in [0.29, 0.717) is 13.1 Å². The summed E-state index contributed by atoms with van der Waals surface area (Å²) in [6.07, 6.45) is 0. The number of halogens is 2. The Morgan fingerprint density at radius 1 is 1.14 bits per heavy atom. The fourth-order valence-corrected chi connectivity index (χ4v) is 5.28. The van der Waals surface area contributed by atoms with Crippen LogP contribution in [0.15, 0.2) is 18.2 Å². The van der Waals surface area contributed by atoms with Crippen LogP contribution >= 0.6 is 0 Å². The average Bonchev–Trinajstić information content (AvgIpc) is 2.88. The van der Waals surface area contributed by atoms with Crippen molar-refractivity contribution < 1.29 is 26.7 Å². The molecule has 2 fully saturated rings. The van der Waals surface area contributed by atoms with E-state index in [4.69, 9.17) is 4.74 Å². The van der Waals surface area contributed by atoms with E-state index >= 15 is 0 Å². The molecule has 8 heteroatoms. The largest absolute Gasteiger partial charge is 0.484 e. The summed E-state index contributed by atoms with van der Waals surface area (Å²) in [5.74, 6) is -1.69. The molecule has 0 aliphatic carbocycles. The molecule has 3 rings (SSSR count). The Morgan fingerprint density at radius 2 is 1.68 bits per heavy atom. The van der Waals surface area contributed by atoms with Gasteiger partial charge in [0, 0.05) is 31.3 Å². The third kappa shape index (κ3) is 3.21. The minimum atomic E-state index is -2.97. The van der Waals surface area contributed by atoms with Gasteiger partial charge in [0.2, 0.25) is 0 Å². The Balaban J connectivity index is 1.56. The Hall–Kier alpha value is -1.70. The van der Waals surface area contributed by atoms with Crippen molar-refractivity contribution >= 4 is 15.7 Å². The molecule has 120 valence electrons. The van der Waals surface area contributed by atoms with Crippen LogP contribution in [0.5, 0.6) is 5.75 Å². The van der Waals surface area contributed by atoms with Crippen LogP contribution < -0.4 is 4.74 Å². The van der Waals surface area contributed by atoms with Gasteiger partial charge < -0.3 is 9.64 Å². The summed E-state index contributed by atoms with van der Waals surface area (Å²) in [5.41, 5.74) is 0. The Labute approximate surface area is 126 Å². The van der Waals surface area contributed by atoms with Crippen molar-refractivity contribution in [3.63, 3.8) is 0 Å². The lowest BCUT2D eigenvalue weighted by atomic mass is 10.0. The number of benzene rings is 1. The molecule has 0 aromatic heterocycles. The number of hydrogen-bond donors (Lipinski definition) is 0. The van der Waals surface area contributed by atoms with Crippen LogP contribution in [0.3, 0.4) is 0 Å². The maximum absolute atomic E-state index is 13.0. The summed E-state index contributed by atoms with van der Waals surface area (Å²) in [4.78, 5) is 13.6. The molecular weight excluding hydrogens is 316 g/mol. The number of nitrogens with zero attached hydrogens (tertiary/aromatic N) is 1. The molecule has 2 saturated heterocycles. The monoisotopic (exact) mass is 331 g/mol. The molecule has 0 N–H and O–H groups in total. The van der Waals surface area contributed by atoms with E-state index in [-0.39, 0.29) is 41.6 Å². The highest BCUT2D eigenvalue weighted by Crippen LogP contribution is 2.32. The van der Waals surface area contributed by atoms with Crippen LogP contribution in [-0.2, 0) is 14.6 Å². The quantitative estimate of drug-likeness (QED) is 0.824. The predicted octanol–water partition coefficient (Wildman–Crippen LogP) is 0.847. The van der Waals surface area contributed by atoms with Gasteiger partial charge in [0.1, 0.15) is 17.4 Å². The van der Waals surface area contributed by atoms with E-state index in [1.807, 2.05) is 0 Å². The molecule has 2 heterocycles. The predicted molar refractivity (Wildman–Crippen MR) is 74.1 cm³/mol. The van der Waals surface area contributed by atoms with E-state index in [1.165, 1.54) is 0 Å². The number of hydrogen-bond acceptors (Lipinski definition) is 4. The van der Waals surface area contributed by atoms with Gasteiger partial charge >= 0.3 is 0 Å². The smallest absolute Gasteiger partial charge is 0.260 e. The molecule has 2 atom stereocenters. The number of fused-ring (bicyclic) bond motifs is 1. The second-order valence-electron chi connectivity index (χ2n) is 5.79. The number of carbonyl (C=O) groups is 1. The summed E-state index contributed by atoms with van der Waals surface area (Å²) in [7, 11) is -2.97. The third-order valence-electron chi connectivity index (χ3n) is 4.06. The molecule has 1 aromatic rings. The fraction of sp³-hybridized carbons (Fsp3) is 0.500. The van der Waals surface area contributed by atoms with Gasteiger partial charge in [-0.2, -0.15) is 0 Å². The molecule has 0 unspecified atom stereocenters. The topological polar surface area (TPSA) is 63.7 Å². The van der Waals surface area contributed by atoms with Crippen LogP contribution in [0.4, 0.5) is 8.78 Å². The molecule has 2 aliphatic heterocycles. The molecule has 22 heavy (non-hydrogen) atoms. The van der Waals surface area contributed by atoms with Crippen LogP contribution in [-0.4, -0.2) is 50.4 Å². The molecule has 0 saturated carbocycles. The molecule has 0 bridgehead atoms. The minimum Gasteiger partial charge on any atom is -0.484 e. The van der Waals surface area contributed by atoms with Crippen molar-refractivity contribution in [2.45, 2.75) is 0 Å². The highest BCUT2D eigenvalue weighted by atomic mass is 32.2. The highest BCUT2D eigenvalue weighted by Gasteiger charge is 2.44. The average molecular weight is 331 g/mol. The van der Waals surface area contributed by atoms with Crippen LogP contribution in [0, 0.1) is 23.5 Å². The number of sulfone groups is 1. The van der Waals surface area contributed by atoms with Gasteiger partial charge in [-0.1, -0.05) is 0 Å². The van der Waals surface area contributed by atoms with Gasteiger partial charge in [-0.05, 0) is 11.8 Å². The second kappa shape index (κ2) is 5.49. The third-order valence-corrected chi connectivity index (χ3v) is 5.94. The first kappa shape index (κ1) is 15.2. The molecule has 0 spiro atoms. The maximum atomic E-state index is 13.0. The van der Waals surface area contributed by atoms with Crippen LogP contribution in [0.25, 0.3) is 0 Å². The molecule has 1 amide bonds. The van der Waals surface area contributed by atoms with E-state index < -0.39 is 21.5 Å². The van der Waals surface area contributed by atoms with E-state index in [2.05, 4.69) is 0 Å². The number of ether oxygens (including phenoxy) is 1. The van der Waals surface area contributed by atoms with Crippen molar-refractivity contribution in [1.29, 1.82) is 0 Å². The number of rotatable bonds is 3. The van der Waals surface area contributed by atoms with Gasteiger partial charge in [-0.3, -0.25) is 4.79 Å². The standard InChI is InChI=1S/C14H15F2NO4S/c15-11-1-12(16)3-13(2-11)21-6-14(18)17-4-9-7-22(19,20)8-10(9)5-17/h1-3,9-10H,4-8H2/t9-,10+. The van der Waals surface area contributed by atoms with Crippen LogP contribution in [0.1, 0.15) is 0 Å². The number of amides is 1. The van der Waals surface area contributed by atoms with Gasteiger partial charge in [0.05, 0.1) is 11.5 Å². The van der Waals surface area contributed by atoms with E-state index in [9.17, 15) is 22.0 Å². The van der Waals surface area contributed by atoms with Gasteiger partial charge in [-0.25, -0.2) is 17.2 Å². The van der Waals surface area contributed by atoms with E-state index in [0.717, 1.165) is 18.2 Å². The zero-order valence-electron chi connectivity index (χ0n) is 11.7. The fourth-order valence-electron chi connectivity index (χ4n) is 3.09. The molecule has 2 aliphatic rings. The highest BCUT2D eigenvalue weighted by molar-refractivity contribution is 7.91. The SMILES string of the molecule is O=C(COc1cc(F)cc(F)c1)N1C[C@@H]2CS(=O)(=O)C[C@@H]2C1. The summed E-state index contributed by atoms with van der Waals surface area (Å²) in [6.45, 7) is 0.461. The van der Waals surface area contributed by atoms with Gasteiger partial charge in [0.15, 0.2) is 16.4 Å². The molecular formula is C14H15F2NO4S. The van der Waals surface area contributed by atoms with Crippen molar-refractivity contribution in [2.24, 2.45) is 11.8 Å². The van der Waals surface area contributed by atoms with Gasteiger partial charge in [0.25, 0.3) is 5.91 Å². The lowest BCUT2D eigenvalue weighted by molar-refractivity contribution is -0.132. The normalized spacial score (nSPS) is 26.0. The first-order chi connectivity index (χ1) is 10.3. The second-order valence-corrected chi connectivity index (χ2v) is 7.94. The summed E-state index contributed by atoms with van der Waals surface area (Å²) in [6, 6.07) is 2.72. The molecule has 5 nitrogen and oxygen atoms in total. The number of carbonyl (C=O) groups excluding carboxylic acids is 1. The zero-order valence-corrected chi connectivity index (χ0v) is 12.5. The van der Waals surface area contributed by atoms with Crippen molar-refractivity contribution in [1.82, 2.24) is 4.90 Å². The summed E-state index contributed by atoms with van der Waals surface area (Å²) >= 11 is 0. The first-order valence-electron chi connectivity index (χ1n) is 6.89.